The van der Waals surface area contributed by atoms with Gasteiger partial charge in [-0.2, -0.15) is 0 Å². The van der Waals surface area contributed by atoms with Gasteiger partial charge in [0.25, 0.3) is 0 Å². The van der Waals surface area contributed by atoms with Crippen LogP contribution in [0.2, 0.25) is 0 Å². The van der Waals surface area contributed by atoms with E-state index in [1.165, 1.54) is 36.5 Å². The van der Waals surface area contributed by atoms with Crippen molar-refractivity contribution < 1.29 is 0 Å². The summed E-state index contributed by atoms with van der Waals surface area (Å²) in [7, 11) is 2.15. The molecule has 0 spiro atoms. The van der Waals surface area contributed by atoms with Crippen LogP contribution in [0.15, 0.2) is 303 Å². The van der Waals surface area contributed by atoms with E-state index >= 15 is 0 Å². The lowest BCUT2D eigenvalue weighted by molar-refractivity contribution is 1.12. The molecule has 8 rings (SSSR count). The molecule has 0 fully saturated rings. The smallest absolute Gasteiger partial charge is 0.0499 e. The number of benzene rings is 7. The van der Waals surface area contributed by atoms with Crippen LogP contribution in [0.4, 0.5) is 34.1 Å². The quantitative estimate of drug-likeness (QED) is 0.0748. The van der Waals surface area contributed by atoms with Crippen molar-refractivity contribution in [2.24, 2.45) is 0 Å². The molecule has 0 N–H and O–H groups in total. The van der Waals surface area contributed by atoms with E-state index in [-0.39, 0.29) is 0 Å². The van der Waals surface area contributed by atoms with E-state index in [4.69, 9.17) is 0 Å². The number of anilines is 6. The lowest BCUT2D eigenvalue weighted by atomic mass is 10.0. The van der Waals surface area contributed by atoms with Crippen molar-refractivity contribution in [3.63, 3.8) is 0 Å². The Bertz CT molecular complexity index is 3620. The Balaban J connectivity index is 1.34. The Morgan fingerprint density at radius 2 is 0.960 bits per heavy atom. The van der Waals surface area contributed by atoms with E-state index in [1.807, 2.05) is 55.5 Å². The van der Waals surface area contributed by atoms with E-state index in [9.17, 15) is 0 Å². The number of fused-ring (bicyclic) bond motifs is 1. The van der Waals surface area contributed by atoms with Crippen molar-refractivity contribution in [3.8, 4) is 22.3 Å². The zero-order valence-corrected chi connectivity index (χ0v) is 44.6. The van der Waals surface area contributed by atoms with Crippen LogP contribution >= 0.6 is 11.3 Å². The monoisotopic (exact) mass is 991 g/mol. The minimum atomic E-state index is 0.991. The van der Waals surface area contributed by atoms with Crippen LogP contribution in [-0.4, -0.2) is 7.05 Å². The highest BCUT2D eigenvalue weighted by atomic mass is 32.1. The predicted octanol–water partition coefficient (Wildman–Crippen LogP) is 18.8. The number of rotatable bonds is 19. The lowest BCUT2D eigenvalue weighted by Crippen LogP contribution is -2.21. The lowest BCUT2D eigenvalue weighted by Gasteiger charge is -2.32. The van der Waals surface area contributed by atoms with E-state index in [1.54, 1.807) is 11.3 Å². The minimum absolute atomic E-state index is 0.991. The molecule has 0 saturated heterocycles. The molecule has 0 unspecified atom stereocenters. The molecule has 0 bridgehead atoms. The van der Waals surface area contributed by atoms with Crippen molar-refractivity contribution in [1.29, 1.82) is 0 Å². The average molecular weight is 992 g/mol. The first-order chi connectivity index (χ1) is 36.7. The molecule has 0 saturated carbocycles. The highest BCUT2D eigenvalue weighted by Crippen LogP contribution is 2.42. The molecule has 370 valence electrons. The summed E-state index contributed by atoms with van der Waals surface area (Å²) in [4.78, 5) is 6.97. The first kappa shape index (κ1) is 52.4. The molecule has 4 heteroatoms. The van der Waals surface area contributed by atoms with Gasteiger partial charge < -0.3 is 14.7 Å². The molecule has 0 radical (unpaired) electrons. The summed E-state index contributed by atoms with van der Waals surface area (Å²) in [6.07, 6.45) is 28.7. The van der Waals surface area contributed by atoms with Gasteiger partial charge in [0.2, 0.25) is 0 Å². The number of para-hydroxylation sites is 1. The molecule has 0 atom stereocenters. The highest BCUT2D eigenvalue weighted by Gasteiger charge is 2.20. The van der Waals surface area contributed by atoms with Crippen molar-refractivity contribution >= 4 is 67.2 Å². The van der Waals surface area contributed by atoms with Gasteiger partial charge >= 0.3 is 0 Å². The van der Waals surface area contributed by atoms with Gasteiger partial charge in [0.05, 0.1) is 0 Å². The summed E-state index contributed by atoms with van der Waals surface area (Å²) in [5.41, 5.74) is 16.0. The van der Waals surface area contributed by atoms with Gasteiger partial charge in [-0.3, -0.25) is 0 Å². The van der Waals surface area contributed by atoms with Gasteiger partial charge in [-0.25, -0.2) is 0 Å². The molecule has 0 aliphatic heterocycles. The molecular formula is C71H65N3S. The Morgan fingerprint density at radius 1 is 0.467 bits per heavy atom. The van der Waals surface area contributed by atoms with Crippen LogP contribution in [0.5, 0.6) is 0 Å². The maximum Gasteiger partial charge on any atom is 0.0499 e. The second kappa shape index (κ2) is 25.6. The Labute approximate surface area is 449 Å². The third-order valence-corrected chi connectivity index (χ3v) is 14.4. The first-order valence-corrected chi connectivity index (χ1v) is 26.2. The van der Waals surface area contributed by atoms with Crippen LogP contribution in [0, 0.1) is 0 Å². The molecule has 1 heterocycles. The fraction of sp³-hybridized carbons (Fsp3) is 0.0704. The van der Waals surface area contributed by atoms with Gasteiger partial charge in [0.1, 0.15) is 0 Å². The second-order valence-electron chi connectivity index (χ2n) is 18.1. The SMILES string of the molecule is C=C\C=c1/c(=C(C)/C(C=C)=C/C=C(\C)N(c2ccc(-c3ccccc3)cc2)c2cc(N(C)c3ccc(-c4ccccc4)cc3)cc(N(/C(C)=C/C=C(C=C)/C=C/C=C\C=C/C)c3ccccc3)c2)sc2ccccc12. The predicted molar refractivity (Wildman–Crippen MR) is 331 cm³/mol. The van der Waals surface area contributed by atoms with Gasteiger partial charge in [0, 0.05) is 72.4 Å². The van der Waals surface area contributed by atoms with Crippen molar-refractivity contribution in [2.45, 2.75) is 27.7 Å². The van der Waals surface area contributed by atoms with Crippen LogP contribution in [0.3, 0.4) is 0 Å². The van der Waals surface area contributed by atoms with Crippen molar-refractivity contribution in [2.75, 3.05) is 21.7 Å². The molecule has 3 nitrogen and oxygen atoms in total. The maximum absolute atomic E-state index is 4.34. The van der Waals surface area contributed by atoms with Crippen LogP contribution in [-0.2, 0) is 0 Å². The fourth-order valence-electron chi connectivity index (χ4n) is 9.09. The molecule has 8 aromatic rings. The summed E-state index contributed by atoms with van der Waals surface area (Å²) < 4.78 is 2.44. The number of allylic oxidation sites excluding steroid dienone is 17. The van der Waals surface area contributed by atoms with Crippen LogP contribution in [0.25, 0.3) is 44.0 Å². The topological polar surface area (TPSA) is 9.72 Å². The van der Waals surface area contributed by atoms with Gasteiger partial charge in [0.15, 0.2) is 0 Å². The third-order valence-electron chi connectivity index (χ3n) is 13.1. The summed E-state index contributed by atoms with van der Waals surface area (Å²) in [5, 5.41) is 2.40. The van der Waals surface area contributed by atoms with E-state index in [0.717, 1.165) is 67.8 Å². The standard InChI is InChI=1S/C71H65N3S/c1-9-13-14-15-19-29-56(11-3)40-38-53(5)73(63-34-24-18-25-35-63)66-50-65(72(8)62-46-42-60(43-47-62)58-30-20-16-21-31-58)51-67(52-66)74(64-48-44-61(45-49-64)59-32-22-17-23-33-59)54(6)39-41-57(12-4)55(7)71-69(28-10-2)68-36-26-27-37-70(68)75-71/h9-52H,2-4H2,1,5-8H3/b13-9-,15-14-,29-19+,53-38+,54-39+,56-40+,57-41+,69-28-,71-55-. The Hall–Kier alpha value is -8.96. The fourth-order valence-corrected chi connectivity index (χ4v) is 10.3. The number of nitrogens with zero attached hydrogens (tertiary/aromatic N) is 3. The van der Waals surface area contributed by atoms with Crippen LogP contribution < -0.4 is 24.5 Å². The van der Waals surface area contributed by atoms with Gasteiger partial charge in [-0.15, -0.1) is 11.3 Å². The number of thiophene rings is 1. The zero-order valence-electron chi connectivity index (χ0n) is 43.8. The number of hydrogen-bond donors (Lipinski definition) is 0. The Morgan fingerprint density at radius 3 is 1.52 bits per heavy atom. The molecule has 1 aromatic heterocycles. The van der Waals surface area contributed by atoms with Crippen LogP contribution in [0.1, 0.15) is 27.7 Å². The minimum Gasteiger partial charge on any atom is -0.344 e. The summed E-state index contributed by atoms with van der Waals surface area (Å²) in [6.45, 7) is 21.1. The molecule has 7 aromatic carbocycles. The maximum atomic E-state index is 4.34. The molecular weight excluding hydrogens is 927 g/mol. The van der Waals surface area contributed by atoms with E-state index < -0.39 is 0 Å². The van der Waals surface area contributed by atoms with E-state index in [2.05, 4.69) is 281 Å². The third kappa shape index (κ3) is 12.8. The van der Waals surface area contributed by atoms with Crippen molar-refractivity contribution in [3.05, 3.63) is 313 Å². The van der Waals surface area contributed by atoms with Gasteiger partial charge in [-0.1, -0.05) is 214 Å². The molecule has 0 aliphatic rings. The molecule has 0 amide bonds. The zero-order chi connectivity index (χ0) is 52.5. The normalized spacial score (nSPS) is 13.2. The van der Waals surface area contributed by atoms with Crippen molar-refractivity contribution in [1.82, 2.24) is 0 Å². The summed E-state index contributed by atoms with van der Waals surface area (Å²) >= 11 is 1.80. The van der Waals surface area contributed by atoms with Gasteiger partial charge in [-0.05, 0) is 139 Å². The average Bonchev–Trinajstić information content (AvgIpc) is 3.84. The number of hydrogen-bond acceptors (Lipinski definition) is 4. The first-order valence-electron chi connectivity index (χ1n) is 25.4. The highest BCUT2D eigenvalue weighted by molar-refractivity contribution is 7.17. The summed E-state index contributed by atoms with van der Waals surface area (Å²) in [6, 6.07) is 64.9. The Kier molecular flexibility index (Phi) is 17.9. The summed E-state index contributed by atoms with van der Waals surface area (Å²) in [5.74, 6) is 0. The second-order valence-corrected chi connectivity index (χ2v) is 19.1. The van der Waals surface area contributed by atoms with E-state index in [0.29, 0.717) is 0 Å². The largest absolute Gasteiger partial charge is 0.344 e. The molecule has 0 aliphatic carbocycles. The molecule has 75 heavy (non-hydrogen) atoms.